The van der Waals surface area contributed by atoms with Crippen molar-refractivity contribution in [2.45, 2.75) is 146 Å². The van der Waals surface area contributed by atoms with Crippen LogP contribution < -0.4 is 5.73 Å². The summed E-state index contributed by atoms with van der Waals surface area (Å²) in [5.74, 6) is -1.19. The maximum atomic E-state index is 12.3. The summed E-state index contributed by atoms with van der Waals surface area (Å²) in [6.07, 6.45) is -4.37. The van der Waals surface area contributed by atoms with Crippen LogP contribution in [0.3, 0.4) is 0 Å². The second-order valence-electron chi connectivity index (χ2n) is 15.4. The molecule has 0 aromatic heterocycles. The lowest BCUT2D eigenvalue weighted by Gasteiger charge is -2.40. The van der Waals surface area contributed by atoms with Crippen LogP contribution >= 0.6 is 8.60 Å². The number of rotatable bonds is 17. The molecule has 2 rings (SSSR count). The Balaban J connectivity index is 2.26. The van der Waals surface area contributed by atoms with Crippen LogP contribution in [-0.4, -0.2) is 118 Å². The van der Waals surface area contributed by atoms with Crippen molar-refractivity contribution in [1.82, 2.24) is 0 Å². The summed E-state index contributed by atoms with van der Waals surface area (Å²) >= 11 is 0. The fraction of sp³-hybridized carbons (Fsp3) is 0.897. The third-order valence-corrected chi connectivity index (χ3v) is 19.6. The van der Waals surface area contributed by atoms with Gasteiger partial charge in [-0.2, -0.15) is 5.26 Å². The third kappa shape index (κ3) is 12.1. The van der Waals surface area contributed by atoms with E-state index < -0.39 is 79.7 Å². The third-order valence-electron chi connectivity index (χ3n) is 9.53. The SMILES string of the molecule is B[C@@H]1O[C@H](COP(OCCC#N)OC2C(O[Si](C)(C)C(C)(C)C)[C@H](B)O[C@@H]2COC(=O)CCC(N)=O)C(O)C1O[Si](C)(C)C(C)(C)C. The maximum Gasteiger partial charge on any atom is 0.333 e. The van der Waals surface area contributed by atoms with E-state index in [0.717, 1.165) is 0 Å². The zero-order valence-corrected chi connectivity index (χ0v) is 33.3. The molecule has 0 bridgehead atoms. The Morgan fingerprint density at radius 1 is 0.872 bits per heavy atom. The van der Waals surface area contributed by atoms with Gasteiger partial charge in [0, 0.05) is 6.42 Å². The standard InChI is InChI=1S/C29H57B2N2O11PSi2/c1-28(2,3)46(7,8)43-24-22(36)18(40-26(24)30)17-39-45(38-15-11-14-32)42-23-19(16-37-21(35)13-12-20(33)34)41-27(31)25(23)44-47(9,10)29(4,5)6/h18-19,22-27,36H,11-13,15-17,30-31H2,1-10H3,(H2,33,34)/t18-,19-,22?,23?,24?,25?,26-,27-,45?/m1/s1. The van der Waals surface area contributed by atoms with E-state index in [2.05, 4.69) is 73.8 Å². The van der Waals surface area contributed by atoms with Crippen LogP contribution in [0, 0.1) is 11.3 Å². The largest absolute Gasteiger partial charge is 0.463 e. The summed E-state index contributed by atoms with van der Waals surface area (Å²) in [7, 11) is -2.88. The Morgan fingerprint density at radius 2 is 1.40 bits per heavy atom. The van der Waals surface area contributed by atoms with Crippen molar-refractivity contribution >= 4 is 52.8 Å². The van der Waals surface area contributed by atoms with Crippen LogP contribution in [0.5, 0.6) is 0 Å². The van der Waals surface area contributed by atoms with Crippen molar-refractivity contribution in [3.63, 3.8) is 0 Å². The molecule has 47 heavy (non-hydrogen) atoms. The Bertz CT molecular complexity index is 1090. The van der Waals surface area contributed by atoms with Gasteiger partial charge in [-0.3, -0.25) is 9.59 Å². The van der Waals surface area contributed by atoms with E-state index in [9.17, 15) is 14.7 Å². The first-order valence-electron chi connectivity index (χ1n) is 16.4. The molecule has 1 amide bonds. The van der Waals surface area contributed by atoms with Crippen LogP contribution in [-0.2, 0) is 46.2 Å². The van der Waals surface area contributed by atoms with E-state index in [0.29, 0.717) is 0 Å². The molecular weight excluding hydrogens is 661 g/mol. The molecule has 0 radical (unpaired) electrons. The van der Waals surface area contributed by atoms with Gasteiger partial charge < -0.3 is 47.5 Å². The molecule has 18 heteroatoms. The first-order valence-corrected chi connectivity index (χ1v) is 23.3. The number of hydrogen-bond donors (Lipinski definition) is 2. The van der Waals surface area contributed by atoms with Gasteiger partial charge in [-0.25, -0.2) is 0 Å². The number of nitrogens with zero attached hydrogens (tertiary/aromatic N) is 1. The van der Waals surface area contributed by atoms with Gasteiger partial charge in [-0.05, 0) is 36.3 Å². The van der Waals surface area contributed by atoms with Crippen LogP contribution in [0.15, 0.2) is 0 Å². The number of carbonyl (C=O) groups excluding carboxylic acids is 2. The molecule has 2 saturated heterocycles. The van der Waals surface area contributed by atoms with E-state index in [1.54, 1.807) is 0 Å². The molecule has 3 N–H and O–H groups in total. The Kier molecular flexibility index (Phi) is 15.6. The lowest BCUT2D eigenvalue weighted by molar-refractivity contribution is -0.149. The van der Waals surface area contributed by atoms with Crippen molar-refractivity contribution in [3.05, 3.63) is 0 Å². The molecular formula is C29H57B2N2O11PSi2. The second-order valence-corrected chi connectivity index (χ2v) is 26.1. The number of nitriles is 1. The van der Waals surface area contributed by atoms with Crippen LogP contribution in [0.25, 0.3) is 0 Å². The molecule has 2 fully saturated rings. The van der Waals surface area contributed by atoms with Crippen molar-refractivity contribution < 1.29 is 51.3 Å². The number of carbonyl (C=O) groups is 2. The zero-order valence-electron chi connectivity index (χ0n) is 30.4. The lowest BCUT2D eigenvalue weighted by atomic mass is 9.93. The summed E-state index contributed by atoms with van der Waals surface area (Å²) in [4.78, 5) is 23.5. The topological polar surface area (TPSA) is 178 Å². The van der Waals surface area contributed by atoms with E-state index >= 15 is 0 Å². The summed E-state index contributed by atoms with van der Waals surface area (Å²) < 4.78 is 49.6. The van der Waals surface area contributed by atoms with Crippen molar-refractivity contribution in [2.75, 3.05) is 19.8 Å². The van der Waals surface area contributed by atoms with Crippen molar-refractivity contribution in [2.24, 2.45) is 5.73 Å². The van der Waals surface area contributed by atoms with E-state index in [4.69, 9.17) is 47.6 Å². The van der Waals surface area contributed by atoms with Gasteiger partial charge in [-0.15, -0.1) is 0 Å². The maximum absolute atomic E-state index is 12.3. The first kappa shape index (κ1) is 42.3. The lowest BCUT2D eigenvalue weighted by Crippen LogP contribution is -2.50. The molecule has 2 heterocycles. The molecule has 0 aromatic carbocycles. The van der Waals surface area contributed by atoms with Gasteiger partial charge in [0.1, 0.15) is 46.7 Å². The molecule has 0 saturated carbocycles. The highest BCUT2D eigenvalue weighted by Gasteiger charge is 2.52. The van der Waals surface area contributed by atoms with Crippen molar-refractivity contribution in [1.29, 1.82) is 5.26 Å². The summed E-state index contributed by atoms with van der Waals surface area (Å²) in [5, 5.41) is 20.2. The van der Waals surface area contributed by atoms with Crippen molar-refractivity contribution in [3.8, 4) is 6.07 Å². The van der Waals surface area contributed by atoms with Crippen LogP contribution in [0.1, 0.15) is 60.8 Å². The quantitative estimate of drug-likeness (QED) is 0.0972. The minimum Gasteiger partial charge on any atom is -0.463 e. The minimum atomic E-state index is -2.33. The number of aliphatic hydroxyl groups excluding tert-OH is 1. The number of esters is 1. The average Bonchev–Trinajstić information content (AvgIpc) is 3.36. The summed E-state index contributed by atoms with van der Waals surface area (Å²) in [6, 6.07) is 1.27. The van der Waals surface area contributed by atoms with Gasteiger partial charge in [-0.1, -0.05) is 41.5 Å². The van der Waals surface area contributed by atoms with Crippen LogP contribution in [0.4, 0.5) is 0 Å². The van der Waals surface area contributed by atoms with Crippen LogP contribution in [0.2, 0.25) is 36.3 Å². The van der Waals surface area contributed by atoms with Gasteiger partial charge in [0.25, 0.3) is 0 Å². The zero-order chi connectivity index (χ0) is 36.0. The first-order chi connectivity index (χ1) is 21.5. The molecule has 2 aliphatic rings. The Hall–Kier alpha value is -0.896. The Morgan fingerprint density at radius 3 is 1.94 bits per heavy atom. The predicted octanol–water partition coefficient (Wildman–Crippen LogP) is 2.21. The van der Waals surface area contributed by atoms with Gasteiger partial charge in [0.15, 0.2) is 16.6 Å². The Labute approximate surface area is 286 Å². The monoisotopic (exact) mass is 718 g/mol. The number of nitrogens with two attached hydrogens (primary N) is 1. The molecule has 5 unspecified atom stereocenters. The van der Waals surface area contributed by atoms with Gasteiger partial charge >= 0.3 is 14.6 Å². The number of hydrogen-bond acceptors (Lipinski definition) is 12. The molecule has 13 nitrogen and oxygen atoms in total. The highest BCUT2D eigenvalue weighted by atomic mass is 31.2. The number of aliphatic hydroxyl groups is 1. The van der Waals surface area contributed by atoms with E-state index in [-0.39, 0.29) is 55.2 Å². The predicted molar refractivity (Wildman–Crippen MR) is 188 cm³/mol. The molecule has 9 atom stereocenters. The van der Waals surface area contributed by atoms with Gasteiger partial charge in [0.05, 0.1) is 56.3 Å². The minimum absolute atomic E-state index is 0.0476. The highest BCUT2D eigenvalue weighted by molar-refractivity contribution is 7.41. The van der Waals surface area contributed by atoms with E-state index in [1.165, 1.54) is 0 Å². The number of ether oxygens (including phenoxy) is 3. The fourth-order valence-electron chi connectivity index (χ4n) is 4.56. The molecule has 0 spiro atoms. The smallest absolute Gasteiger partial charge is 0.333 e. The average molecular weight is 719 g/mol. The fourth-order valence-corrected chi connectivity index (χ4v) is 8.45. The normalized spacial score (nSPS) is 29.4. The molecule has 268 valence electrons. The van der Waals surface area contributed by atoms with E-state index in [1.807, 2.05) is 15.7 Å². The number of amides is 1. The summed E-state index contributed by atoms with van der Waals surface area (Å²) in [6.45, 7) is 21.2. The molecule has 0 aliphatic carbocycles. The molecule has 0 aromatic rings. The molecule has 2 aliphatic heterocycles. The highest BCUT2D eigenvalue weighted by Crippen LogP contribution is 2.47. The second kappa shape index (κ2) is 17.4. The van der Waals surface area contributed by atoms with Gasteiger partial charge in [0.2, 0.25) is 5.91 Å². The summed E-state index contributed by atoms with van der Waals surface area (Å²) in [5.41, 5.74) is 5.18. The number of primary amides is 1.